The maximum absolute atomic E-state index is 11.6. The van der Waals surface area contributed by atoms with Crippen molar-refractivity contribution in [3.05, 3.63) is 0 Å². The van der Waals surface area contributed by atoms with E-state index in [1.165, 1.54) is 0 Å². The predicted octanol–water partition coefficient (Wildman–Crippen LogP) is 1.35. The molecule has 0 aromatic rings. The van der Waals surface area contributed by atoms with Crippen molar-refractivity contribution in [3.63, 3.8) is 0 Å². The second-order valence-electron chi connectivity index (χ2n) is 4.23. The maximum Gasteiger partial charge on any atom is 0.223 e. The normalized spacial score (nSPS) is 21.6. The number of ether oxygens (including phenoxy) is 2. The molecule has 0 radical (unpaired) electrons. The van der Waals surface area contributed by atoms with Crippen LogP contribution in [0.25, 0.3) is 0 Å². The molecule has 1 aliphatic heterocycles. The van der Waals surface area contributed by atoms with Gasteiger partial charge in [-0.2, -0.15) is 0 Å². The van der Waals surface area contributed by atoms with E-state index in [2.05, 4.69) is 5.32 Å². The first kappa shape index (κ1) is 13.5. The first-order chi connectivity index (χ1) is 7.84. The predicted molar refractivity (Wildman–Crippen MR) is 62.3 cm³/mol. The third-order valence-electron chi connectivity index (χ3n) is 2.90. The summed E-state index contributed by atoms with van der Waals surface area (Å²) in [7, 11) is 1.69. The topological polar surface area (TPSA) is 47.6 Å². The second-order valence-corrected chi connectivity index (χ2v) is 4.23. The fourth-order valence-electron chi connectivity index (χ4n) is 1.91. The van der Waals surface area contributed by atoms with Gasteiger partial charge in [0, 0.05) is 39.4 Å². The highest BCUT2D eigenvalue weighted by Gasteiger charge is 2.19. The lowest BCUT2D eigenvalue weighted by molar-refractivity contribution is -0.125. The van der Waals surface area contributed by atoms with E-state index in [9.17, 15) is 4.79 Å². The van der Waals surface area contributed by atoms with Crippen molar-refractivity contribution in [1.29, 1.82) is 0 Å². The van der Waals surface area contributed by atoms with Gasteiger partial charge in [0.15, 0.2) is 0 Å². The molecule has 1 unspecified atom stereocenters. The van der Waals surface area contributed by atoms with Gasteiger partial charge in [-0.15, -0.1) is 0 Å². The fourth-order valence-corrected chi connectivity index (χ4v) is 1.91. The molecule has 94 valence electrons. The van der Waals surface area contributed by atoms with Crippen molar-refractivity contribution in [2.24, 2.45) is 5.92 Å². The summed E-state index contributed by atoms with van der Waals surface area (Å²) in [6, 6.07) is 0. The van der Waals surface area contributed by atoms with Crippen molar-refractivity contribution < 1.29 is 14.3 Å². The van der Waals surface area contributed by atoms with Gasteiger partial charge in [0.05, 0.1) is 0 Å². The number of rotatable bonds is 7. The molecule has 1 fully saturated rings. The van der Waals surface area contributed by atoms with Crippen LogP contribution in [0.4, 0.5) is 0 Å². The minimum Gasteiger partial charge on any atom is -0.385 e. The van der Waals surface area contributed by atoms with Crippen LogP contribution in [0.5, 0.6) is 0 Å². The van der Waals surface area contributed by atoms with Crippen molar-refractivity contribution in [3.8, 4) is 0 Å². The Labute approximate surface area is 97.7 Å². The summed E-state index contributed by atoms with van der Waals surface area (Å²) in [5, 5.41) is 2.94. The van der Waals surface area contributed by atoms with Gasteiger partial charge < -0.3 is 14.8 Å². The van der Waals surface area contributed by atoms with Gasteiger partial charge in [-0.3, -0.25) is 4.79 Å². The van der Waals surface area contributed by atoms with Gasteiger partial charge in [0.2, 0.25) is 5.91 Å². The zero-order valence-corrected chi connectivity index (χ0v) is 10.2. The number of hydrogen-bond acceptors (Lipinski definition) is 3. The number of carbonyl (C=O) groups is 1. The van der Waals surface area contributed by atoms with Crippen LogP contribution in [0.15, 0.2) is 0 Å². The average molecular weight is 229 g/mol. The SMILES string of the molecule is COCCCOCCC1CCCCNC1=O. The molecule has 0 aromatic heterocycles. The van der Waals surface area contributed by atoms with Crippen LogP contribution in [-0.4, -0.2) is 39.4 Å². The molecule has 0 saturated carbocycles. The molecule has 1 heterocycles. The Morgan fingerprint density at radius 3 is 3.00 bits per heavy atom. The van der Waals surface area contributed by atoms with Crippen LogP contribution in [0.1, 0.15) is 32.1 Å². The molecule has 4 heteroatoms. The molecular weight excluding hydrogens is 206 g/mol. The summed E-state index contributed by atoms with van der Waals surface area (Å²) in [5.41, 5.74) is 0. The third kappa shape index (κ3) is 5.47. The zero-order chi connectivity index (χ0) is 11.6. The number of amides is 1. The summed E-state index contributed by atoms with van der Waals surface area (Å²) >= 11 is 0. The van der Waals surface area contributed by atoms with E-state index in [0.717, 1.165) is 51.9 Å². The largest absolute Gasteiger partial charge is 0.385 e. The van der Waals surface area contributed by atoms with E-state index in [0.29, 0.717) is 6.61 Å². The average Bonchev–Trinajstić information content (AvgIpc) is 2.49. The highest BCUT2D eigenvalue weighted by molar-refractivity contribution is 5.78. The Hall–Kier alpha value is -0.610. The van der Waals surface area contributed by atoms with E-state index in [-0.39, 0.29) is 11.8 Å². The van der Waals surface area contributed by atoms with Gasteiger partial charge >= 0.3 is 0 Å². The van der Waals surface area contributed by atoms with Crippen LogP contribution in [0.2, 0.25) is 0 Å². The molecule has 1 rings (SSSR count). The van der Waals surface area contributed by atoms with Crippen molar-refractivity contribution in [1.82, 2.24) is 5.32 Å². The van der Waals surface area contributed by atoms with Crippen molar-refractivity contribution in [2.75, 3.05) is 33.5 Å². The van der Waals surface area contributed by atoms with Gasteiger partial charge in [0.1, 0.15) is 0 Å². The lowest BCUT2D eigenvalue weighted by Gasteiger charge is -2.12. The van der Waals surface area contributed by atoms with E-state index in [4.69, 9.17) is 9.47 Å². The van der Waals surface area contributed by atoms with E-state index < -0.39 is 0 Å². The number of nitrogens with one attached hydrogen (secondary N) is 1. The van der Waals surface area contributed by atoms with Gasteiger partial charge in [-0.25, -0.2) is 0 Å². The lowest BCUT2D eigenvalue weighted by atomic mass is 9.99. The molecular formula is C12H23NO3. The summed E-state index contributed by atoms with van der Waals surface area (Å²) in [4.78, 5) is 11.6. The monoisotopic (exact) mass is 229 g/mol. The molecule has 16 heavy (non-hydrogen) atoms. The van der Waals surface area contributed by atoms with Crippen LogP contribution in [0.3, 0.4) is 0 Å². The van der Waals surface area contributed by atoms with Crippen molar-refractivity contribution in [2.45, 2.75) is 32.1 Å². The Bertz CT molecular complexity index is 197. The van der Waals surface area contributed by atoms with Crippen LogP contribution < -0.4 is 5.32 Å². The van der Waals surface area contributed by atoms with E-state index in [1.54, 1.807) is 7.11 Å². The second kappa shape index (κ2) is 8.53. The van der Waals surface area contributed by atoms with E-state index >= 15 is 0 Å². The Morgan fingerprint density at radius 2 is 2.19 bits per heavy atom. The minimum atomic E-state index is 0.157. The molecule has 1 amide bonds. The number of carbonyl (C=O) groups excluding carboxylic acids is 1. The zero-order valence-electron chi connectivity index (χ0n) is 10.2. The Kier molecular flexibility index (Phi) is 7.17. The fraction of sp³-hybridized carbons (Fsp3) is 0.917. The van der Waals surface area contributed by atoms with Crippen molar-refractivity contribution >= 4 is 5.91 Å². The summed E-state index contributed by atoms with van der Waals surface area (Å²) in [6.45, 7) is 2.98. The molecule has 0 spiro atoms. The standard InChI is InChI=1S/C12H23NO3/c1-15-8-4-9-16-10-6-11-5-2-3-7-13-12(11)14/h11H,2-10H2,1H3,(H,13,14). The molecule has 4 nitrogen and oxygen atoms in total. The van der Waals surface area contributed by atoms with Gasteiger partial charge in [-0.05, 0) is 25.7 Å². The first-order valence-corrected chi connectivity index (χ1v) is 6.19. The maximum atomic E-state index is 11.6. The smallest absolute Gasteiger partial charge is 0.223 e. The first-order valence-electron chi connectivity index (χ1n) is 6.19. The van der Waals surface area contributed by atoms with Crippen LogP contribution in [-0.2, 0) is 14.3 Å². The van der Waals surface area contributed by atoms with E-state index in [1.807, 2.05) is 0 Å². The molecule has 0 aromatic carbocycles. The molecule has 0 bridgehead atoms. The molecule has 1 N–H and O–H groups in total. The van der Waals surface area contributed by atoms with Gasteiger partial charge in [0.25, 0.3) is 0 Å². The summed E-state index contributed by atoms with van der Waals surface area (Å²) in [5.74, 6) is 0.364. The van der Waals surface area contributed by atoms with Gasteiger partial charge in [-0.1, -0.05) is 6.42 Å². The molecule has 1 aliphatic rings. The summed E-state index contributed by atoms with van der Waals surface area (Å²) in [6.07, 6.45) is 5.03. The van der Waals surface area contributed by atoms with Crippen LogP contribution >= 0.6 is 0 Å². The number of methoxy groups -OCH3 is 1. The molecule has 1 saturated heterocycles. The lowest BCUT2D eigenvalue weighted by Crippen LogP contribution is -2.29. The quantitative estimate of drug-likeness (QED) is 0.670. The highest BCUT2D eigenvalue weighted by atomic mass is 16.5. The summed E-state index contributed by atoms with van der Waals surface area (Å²) < 4.78 is 10.4. The minimum absolute atomic E-state index is 0.157. The molecule has 0 aliphatic carbocycles. The molecule has 1 atom stereocenters. The highest BCUT2D eigenvalue weighted by Crippen LogP contribution is 2.15. The Balaban J connectivity index is 2.04. The number of hydrogen-bond donors (Lipinski definition) is 1. The Morgan fingerprint density at radius 1 is 1.31 bits per heavy atom. The van der Waals surface area contributed by atoms with Crippen LogP contribution in [0, 0.1) is 5.92 Å². The third-order valence-corrected chi connectivity index (χ3v) is 2.90.